The van der Waals surface area contributed by atoms with Crippen LogP contribution in [0.25, 0.3) is 11.2 Å². The zero-order chi connectivity index (χ0) is 17.2. The number of anilines is 1. The molecule has 1 aliphatic heterocycles. The zero-order valence-electron chi connectivity index (χ0n) is 14.2. The second kappa shape index (κ2) is 6.76. The molecule has 0 N–H and O–H groups in total. The molecule has 0 saturated heterocycles. The Balaban J connectivity index is 1.61. The van der Waals surface area contributed by atoms with Crippen LogP contribution in [-0.4, -0.2) is 39.7 Å². The van der Waals surface area contributed by atoms with Gasteiger partial charge in [-0.05, 0) is 17.7 Å². The fourth-order valence-electron chi connectivity index (χ4n) is 2.78. The average molecular weight is 353 g/mol. The van der Waals surface area contributed by atoms with Gasteiger partial charge in [0, 0.05) is 25.9 Å². The summed E-state index contributed by atoms with van der Waals surface area (Å²) in [5.74, 6) is 2.59. The molecular weight excluding hydrogens is 334 g/mol. The van der Waals surface area contributed by atoms with Crippen molar-refractivity contribution in [2.75, 3.05) is 25.1 Å². The summed E-state index contributed by atoms with van der Waals surface area (Å²) in [7, 11) is 3.64. The molecule has 0 amide bonds. The summed E-state index contributed by atoms with van der Waals surface area (Å²) >= 11 is 1.64. The van der Waals surface area contributed by atoms with Gasteiger partial charge in [0.05, 0.1) is 13.4 Å². The van der Waals surface area contributed by atoms with Gasteiger partial charge < -0.3 is 14.2 Å². The van der Waals surface area contributed by atoms with Crippen molar-refractivity contribution in [3.8, 4) is 5.75 Å². The predicted molar refractivity (Wildman–Crippen MR) is 100 cm³/mol. The molecule has 0 spiro atoms. The molecule has 0 aliphatic carbocycles. The van der Waals surface area contributed by atoms with E-state index in [9.17, 15) is 0 Å². The molecule has 2 aromatic heterocycles. The smallest absolute Gasteiger partial charge is 0.191 e. The van der Waals surface area contributed by atoms with Crippen LogP contribution >= 0.6 is 11.8 Å². The van der Waals surface area contributed by atoms with Crippen LogP contribution < -0.4 is 9.64 Å². The fraction of sp³-hybridized carbons (Fsp3) is 0.278. The van der Waals surface area contributed by atoms with E-state index in [1.54, 1.807) is 25.2 Å². The molecule has 0 fully saturated rings. The number of ether oxygens (including phenoxy) is 1. The molecule has 1 aliphatic rings. The highest BCUT2D eigenvalue weighted by atomic mass is 32.2. The summed E-state index contributed by atoms with van der Waals surface area (Å²) < 4.78 is 7.15. The first-order valence-corrected chi connectivity index (χ1v) is 9.08. The van der Waals surface area contributed by atoms with Gasteiger partial charge in [-0.2, -0.15) is 0 Å². The van der Waals surface area contributed by atoms with Crippen molar-refractivity contribution in [3.05, 3.63) is 48.3 Å². The zero-order valence-corrected chi connectivity index (χ0v) is 15.0. The maximum atomic E-state index is 5.20. The maximum absolute atomic E-state index is 5.20. The minimum atomic E-state index is 0.772. The third kappa shape index (κ3) is 3.19. The first-order chi connectivity index (χ1) is 12.2. The van der Waals surface area contributed by atoms with Gasteiger partial charge in [0.25, 0.3) is 0 Å². The largest absolute Gasteiger partial charge is 0.497 e. The van der Waals surface area contributed by atoms with E-state index in [1.165, 1.54) is 5.56 Å². The van der Waals surface area contributed by atoms with Gasteiger partial charge in [0.1, 0.15) is 5.75 Å². The van der Waals surface area contributed by atoms with Crippen molar-refractivity contribution in [2.45, 2.75) is 10.9 Å². The van der Waals surface area contributed by atoms with Gasteiger partial charge in [0.2, 0.25) is 0 Å². The molecule has 3 aromatic rings. The van der Waals surface area contributed by atoms with Crippen molar-refractivity contribution in [3.63, 3.8) is 0 Å². The number of fused-ring (bicyclic) bond motifs is 1. The number of imidazole rings is 1. The first kappa shape index (κ1) is 16.0. The summed E-state index contributed by atoms with van der Waals surface area (Å²) in [6, 6.07) is 8.09. The standard InChI is InChI=1S/C18H19N5OS/c1-22-12-19-15-16(22)20-18(21-17(15)23-9-3-4-10-23)25-11-13-5-7-14(24-2)8-6-13/h3-8,12H,9-11H2,1-2H3. The van der Waals surface area contributed by atoms with Gasteiger partial charge in [-0.1, -0.05) is 36.0 Å². The number of methoxy groups -OCH3 is 1. The molecule has 7 heteroatoms. The van der Waals surface area contributed by atoms with Gasteiger partial charge in [-0.15, -0.1) is 0 Å². The Morgan fingerprint density at radius 2 is 1.88 bits per heavy atom. The Labute approximate surface area is 150 Å². The lowest BCUT2D eigenvalue weighted by atomic mass is 10.2. The Kier molecular flexibility index (Phi) is 4.31. The van der Waals surface area contributed by atoms with Crippen molar-refractivity contribution >= 4 is 28.7 Å². The number of aryl methyl sites for hydroxylation is 1. The maximum Gasteiger partial charge on any atom is 0.191 e. The lowest BCUT2D eigenvalue weighted by Gasteiger charge is -2.17. The number of rotatable bonds is 5. The van der Waals surface area contributed by atoms with Gasteiger partial charge in [0.15, 0.2) is 22.1 Å². The topological polar surface area (TPSA) is 56.1 Å². The van der Waals surface area contributed by atoms with Crippen LogP contribution in [0.5, 0.6) is 5.75 Å². The number of benzene rings is 1. The van der Waals surface area contributed by atoms with Crippen LogP contribution in [0.3, 0.4) is 0 Å². The van der Waals surface area contributed by atoms with E-state index in [0.717, 1.165) is 46.7 Å². The van der Waals surface area contributed by atoms with E-state index < -0.39 is 0 Å². The molecular formula is C18H19N5OS. The van der Waals surface area contributed by atoms with Crippen LogP contribution in [0.4, 0.5) is 5.82 Å². The van der Waals surface area contributed by atoms with Crippen molar-refractivity contribution in [1.82, 2.24) is 19.5 Å². The van der Waals surface area contributed by atoms with Crippen LogP contribution in [0.1, 0.15) is 5.56 Å². The summed E-state index contributed by atoms with van der Waals surface area (Å²) in [6.45, 7) is 1.73. The summed E-state index contributed by atoms with van der Waals surface area (Å²) in [5.41, 5.74) is 2.94. The number of hydrogen-bond donors (Lipinski definition) is 0. The van der Waals surface area contributed by atoms with E-state index in [-0.39, 0.29) is 0 Å². The molecule has 0 saturated carbocycles. The van der Waals surface area contributed by atoms with Gasteiger partial charge in [-0.25, -0.2) is 15.0 Å². The summed E-state index contributed by atoms with van der Waals surface area (Å²) in [6.07, 6.45) is 6.10. The minimum Gasteiger partial charge on any atom is -0.497 e. The third-order valence-electron chi connectivity index (χ3n) is 4.17. The quantitative estimate of drug-likeness (QED) is 0.399. The highest BCUT2D eigenvalue weighted by Crippen LogP contribution is 2.28. The van der Waals surface area contributed by atoms with Crippen LogP contribution in [0.15, 0.2) is 47.9 Å². The molecule has 4 rings (SSSR count). The minimum absolute atomic E-state index is 0.772. The molecule has 128 valence electrons. The normalized spacial score (nSPS) is 13.8. The molecule has 0 atom stereocenters. The average Bonchev–Trinajstić information content (AvgIpc) is 3.30. The Bertz CT molecular complexity index is 911. The Hall–Kier alpha value is -2.54. The Morgan fingerprint density at radius 3 is 2.60 bits per heavy atom. The second-order valence-corrected chi connectivity index (χ2v) is 6.81. The fourth-order valence-corrected chi connectivity index (χ4v) is 3.57. The molecule has 6 nitrogen and oxygen atoms in total. The highest BCUT2D eigenvalue weighted by Gasteiger charge is 2.18. The van der Waals surface area contributed by atoms with E-state index in [2.05, 4.69) is 34.2 Å². The predicted octanol–water partition coefficient (Wildman–Crippen LogP) is 3.04. The third-order valence-corrected chi connectivity index (χ3v) is 5.08. The van der Waals surface area contributed by atoms with Crippen molar-refractivity contribution in [2.24, 2.45) is 7.05 Å². The van der Waals surface area contributed by atoms with Gasteiger partial charge in [-0.3, -0.25) is 0 Å². The van der Waals surface area contributed by atoms with Gasteiger partial charge >= 0.3 is 0 Å². The first-order valence-electron chi connectivity index (χ1n) is 8.09. The van der Waals surface area contributed by atoms with Crippen molar-refractivity contribution in [1.29, 1.82) is 0 Å². The monoisotopic (exact) mass is 353 g/mol. The lowest BCUT2D eigenvalue weighted by molar-refractivity contribution is 0.414. The number of nitrogens with zero attached hydrogens (tertiary/aromatic N) is 5. The van der Waals surface area contributed by atoms with E-state index in [0.29, 0.717) is 0 Å². The number of aromatic nitrogens is 4. The SMILES string of the molecule is COc1ccc(CSc2nc(N3CC=CC3)c3ncn(C)c3n2)cc1. The van der Waals surface area contributed by atoms with Crippen molar-refractivity contribution < 1.29 is 4.74 Å². The van der Waals surface area contributed by atoms with E-state index >= 15 is 0 Å². The number of thioether (sulfide) groups is 1. The van der Waals surface area contributed by atoms with Crippen LogP contribution in [0.2, 0.25) is 0 Å². The highest BCUT2D eigenvalue weighted by molar-refractivity contribution is 7.98. The molecule has 1 aromatic carbocycles. The lowest BCUT2D eigenvalue weighted by Crippen LogP contribution is -2.20. The van der Waals surface area contributed by atoms with E-state index in [4.69, 9.17) is 14.7 Å². The molecule has 25 heavy (non-hydrogen) atoms. The number of hydrogen-bond acceptors (Lipinski definition) is 6. The molecule has 3 heterocycles. The summed E-state index contributed by atoms with van der Waals surface area (Å²) in [4.78, 5) is 16.2. The van der Waals surface area contributed by atoms with Crippen LogP contribution in [-0.2, 0) is 12.8 Å². The summed E-state index contributed by atoms with van der Waals surface area (Å²) in [5, 5.41) is 0.772. The second-order valence-electron chi connectivity index (χ2n) is 5.87. The van der Waals surface area contributed by atoms with E-state index in [1.807, 2.05) is 23.7 Å². The molecule has 0 radical (unpaired) electrons. The molecule has 0 bridgehead atoms. The molecule has 0 unspecified atom stereocenters. The Morgan fingerprint density at radius 1 is 1.12 bits per heavy atom. The van der Waals surface area contributed by atoms with Crippen LogP contribution in [0, 0.1) is 0 Å².